The van der Waals surface area contributed by atoms with Crippen molar-refractivity contribution in [3.8, 4) is 0 Å². The molecule has 2 heterocycles. The van der Waals surface area contributed by atoms with Crippen LogP contribution in [-0.2, 0) is 10.0 Å². The highest BCUT2D eigenvalue weighted by Gasteiger charge is 2.28. The molecular formula is C17H21N3O3S. The Morgan fingerprint density at radius 2 is 1.79 bits per heavy atom. The largest absolute Gasteiger partial charge is 0.357 e. The van der Waals surface area contributed by atoms with Crippen LogP contribution in [0, 0.1) is 6.92 Å². The van der Waals surface area contributed by atoms with E-state index in [-0.39, 0.29) is 5.91 Å². The van der Waals surface area contributed by atoms with Crippen molar-refractivity contribution in [1.82, 2.24) is 14.2 Å². The fourth-order valence-electron chi connectivity index (χ4n) is 2.83. The molecule has 1 aromatic carbocycles. The lowest BCUT2D eigenvalue weighted by Gasteiger charge is -2.21. The first-order chi connectivity index (χ1) is 11.5. The molecule has 3 rings (SSSR count). The number of hydrogen-bond donors (Lipinski definition) is 1. The van der Waals surface area contributed by atoms with E-state index < -0.39 is 10.0 Å². The van der Waals surface area contributed by atoms with Crippen molar-refractivity contribution in [2.75, 3.05) is 26.2 Å². The number of hydrogen-bond acceptors (Lipinski definition) is 3. The molecule has 1 N–H and O–H groups in total. The van der Waals surface area contributed by atoms with Crippen LogP contribution in [0.3, 0.4) is 0 Å². The van der Waals surface area contributed by atoms with Crippen molar-refractivity contribution < 1.29 is 13.2 Å². The zero-order valence-corrected chi connectivity index (χ0v) is 14.4. The standard InChI is InChI=1S/C17H21N3O3S/c1-14-5-7-15(8-6-14)24(22,23)20-11-3-10-19(12-13-20)17(21)16-4-2-9-18-16/h2,4-9,18H,3,10-13H2,1H3. The van der Waals surface area contributed by atoms with E-state index in [9.17, 15) is 13.2 Å². The Bertz CT molecular complexity index is 798. The molecule has 0 atom stereocenters. The van der Waals surface area contributed by atoms with Crippen LogP contribution in [0.15, 0.2) is 47.5 Å². The molecule has 2 aromatic rings. The lowest BCUT2D eigenvalue weighted by atomic mass is 10.2. The number of aromatic amines is 1. The van der Waals surface area contributed by atoms with Gasteiger partial charge in [-0.15, -0.1) is 0 Å². The Balaban J connectivity index is 1.73. The zero-order valence-electron chi connectivity index (χ0n) is 13.6. The summed E-state index contributed by atoms with van der Waals surface area (Å²) in [5.74, 6) is -0.0883. The summed E-state index contributed by atoms with van der Waals surface area (Å²) in [6.07, 6.45) is 2.33. The van der Waals surface area contributed by atoms with Crippen molar-refractivity contribution in [1.29, 1.82) is 0 Å². The number of amides is 1. The van der Waals surface area contributed by atoms with Gasteiger partial charge in [-0.3, -0.25) is 4.79 Å². The number of aryl methyl sites for hydroxylation is 1. The van der Waals surface area contributed by atoms with Crippen molar-refractivity contribution in [2.24, 2.45) is 0 Å². The number of carbonyl (C=O) groups excluding carboxylic acids is 1. The van der Waals surface area contributed by atoms with Gasteiger partial charge in [0.25, 0.3) is 5.91 Å². The number of carbonyl (C=O) groups is 1. The van der Waals surface area contributed by atoms with Gasteiger partial charge in [0.2, 0.25) is 10.0 Å². The molecule has 128 valence electrons. The predicted octanol–water partition coefficient (Wildman–Crippen LogP) is 1.86. The molecule has 1 aromatic heterocycles. The second-order valence-electron chi connectivity index (χ2n) is 5.95. The number of sulfonamides is 1. The molecule has 24 heavy (non-hydrogen) atoms. The Morgan fingerprint density at radius 3 is 2.46 bits per heavy atom. The van der Waals surface area contributed by atoms with Gasteiger partial charge in [0.15, 0.2) is 0 Å². The van der Waals surface area contributed by atoms with Crippen molar-refractivity contribution in [2.45, 2.75) is 18.2 Å². The van der Waals surface area contributed by atoms with Crippen molar-refractivity contribution in [3.63, 3.8) is 0 Å². The van der Waals surface area contributed by atoms with E-state index in [0.717, 1.165) is 5.56 Å². The number of aromatic nitrogens is 1. The van der Waals surface area contributed by atoms with E-state index in [1.807, 2.05) is 6.92 Å². The van der Waals surface area contributed by atoms with Crippen LogP contribution < -0.4 is 0 Å². The van der Waals surface area contributed by atoms with Crippen molar-refractivity contribution in [3.05, 3.63) is 53.9 Å². The Labute approximate surface area is 142 Å². The van der Waals surface area contributed by atoms with Crippen molar-refractivity contribution >= 4 is 15.9 Å². The molecule has 1 saturated heterocycles. The molecule has 1 fully saturated rings. The van der Waals surface area contributed by atoms with Crippen LogP contribution in [0.4, 0.5) is 0 Å². The molecule has 0 aliphatic carbocycles. The minimum Gasteiger partial charge on any atom is -0.357 e. The average molecular weight is 347 g/mol. The van der Waals surface area contributed by atoms with Crippen LogP contribution in [0.2, 0.25) is 0 Å². The van der Waals surface area contributed by atoms with Crippen LogP contribution >= 0.6 is 0 Å². The summed E-state index contributed by atoms with van der Waals surface area (Å²) < 4.78 is 27.0. The van der Waals surface area contributed by atoms with Gasteiger partial charge in [0, 0.05) is 32.4 Å². The summed E-state index contributed by atoms with van der Waals surface area (Å²) in [6.45, 7) is 3.60. The second-order valence-corrected chi connectivity index (χ2v) is 7.88. The van der Waals surface area contributed by atoms with Gasteiger partial charge in [0.05, 0.1) is 4.90 Å². The third-order valence-electron chi connectivity index (χ3n) is 4.23. The number of H-pyrrole nitrogens is 1. The van der Waals surface area contributed by atoms with Gasteiger partial charge < -0.3 is 9.88 Å². The summed E-state index contributed by atoms with van der Waals surface area (Å²) in [5, 5.41) is 0. The van der Waals surface area contributed by atoms with Gasteiger partial charge in [-0.25, -0.2) is 8.42 Å². The van der Waals surface area contributed by atoms with E-state index in [1.54, 1.807) is 47.5 Å². The molecule has 0 radical (unpaired) electrons. The zero-order chi connectivity index (χ0) is 17.2. The first-order valence-corrected chi connectivity index (χ1v) is 9.42. The summed E-state index contributed by atoms with van der Waals surface area (Å²) in [4.78, 5) is 17.3. The monoisotopic (exact) mass is 347 g/mol. The first kappa shape index (κ1) is 16.7. The fourth-order valence-corrected chi connectivity index (χ4v) is 4.30. The van der Waals surface area contributed by atoms with E-state index >= 15 is 0 Å². The highest BCUT2D eigenvalue weighted by Crippen LogP contribution is 2.19. The summed E-state index contributed by atoms with van der Waals surface area (Å²) in [6, 6.07) is 10.4. The topological polar surface area (TPSA) is 73.5 Å². The molecule has 7 heteroatoms. The molecule has 1 aliphatic rings. The van der Waals surface area contributed by atoms with E-state index in [1.165, 1.54) is 4.31 Å². The van der Waals surface area contributed by atoms with E-state index in [4.69, 9.17) is 0 Å². The normalized spacial score (nSPS) is 16.8. The summed E-state index contributed by atoms with van der Waals surface area (Å²) >= 11 is 0. The molecule has 0 spiro atoms. The van der Waals surface area contributed by atoms with Gasteiger partial charge in [-0.05, 0) is 37.6 Å². The van der Waals surface area contributed by atoms with Gasteiger partial charge in [-0.2, -0.15) is 4.31 Å². The van der Waals surface area contributed by atoms with Gasteiger partial charge in [0.1, 0.15) is 5.69 Å². The lowest BCUT2D eigenvalue weighted by Crippen LogP contribution is -2.37. The smallest absolute Gasteiger partial charge is 0.270 e. The third kappa shape index (κ3) is 3.37. The quantitative estimate of drug-likeness (QED) is 0.921. The Morgan fingerprint density at radius 1 is 1.04 bits per heavy atom. The summed E-state index contributed by atoms with van der Waals surface area (Å²) in [7, 11) is -3.52. The highest BCUT2D eigenvalue weighted by molar-refractivity contribution is 7.89. The first-order valence-electron chi connectivity index (χ1n) is 7.98. The second kappa shape index (κ2) is 6.78. The number of benzene rings is 1. The number of rotatable bonds is 3. The van der Waals surface area contributed by atoms with Crippen LogP contribution in [-0.4, -0.2) is 54.7 Å². The molecule has 6 nitrogen and oxygen atoms in total. The molecule has 1 amide bonds. The maximum atomic E-state index is 12.8. The van der Waals surface area contributed by atoms with Gasteiger partial charge >= 0.3 is 0 Å². The van der Waals surface area contributed by atoms with Crippen LogP contribution in [0.1, 0.15) is 22.5 Å². The Kier molecular flexibility index (Phi) is 4.73. The SMILES string of the molecule is Cc1ccc(S(=O)(=O)N2CCCN(C(=O)c3ccc[nH]3)CC2)cc1. The maximum Gasteiger partial charge on any atom is 0.270 e. The third-order valence-corrected chi connectivity index (χ3v) is 6.14. The molecule has 0 bridgehead atoms. The molecule has 0 unspecified atom stereocenters. The Hall–Kier alpha value is -2.12. The van der Waals surface area contributed by atoms with Gasteiger partial charge in [-0.1, -0.05) is 17.7 Å². The molecule has 0 saturated carbocycles. The van der Waals surface area contributed by atoms with Crippen LogP contribution in [0.5, 0.6) is 0 Å². The van der Waals surface area contributed by atoms with E-state index in [0.29, 0.717) is 43.2 Å². The maximum absolute atomic E-state index is 12.8. The molecular weight excluding hydrogens is 326 g/mol. The van der Waals surface area contributed by atoms with Crippen LogP contribution in [0.25, 0.3) is 0 Å². The van der Waals surface area contributed by atoms with E-state index in [2.05, 4.69) is 4.98 Å². The fraction of sp³-hybridized carbons (Fsp3) is 0.353. The predicted molar refractivity (Wildman–Crippen MR) is 91.3 cm³/mol. The average Bonchev–Trinajstić information content (AvgIpc) is 2.98. The number of nitrogens with one attached hydrogen (secondary N) is 1. The minimum atomic E-state index is -3.52. The summed E-state index contributed by atoms with van der Waals surface area (Å²) in [5.41, 5.74) is 1.55. The number of nitrogens with zero attached hydrogens (tertiary/aromatic N) is 2. The molecule has 1 aliphatic heterocycles. The minimum absolute atomic E-state index is 0.0883. The lowest BCUT2D eigenvalue weighted by molar-refractivity contribution is 0.0759. The highest BCUT2D eigenvalue weighted by atomic mass is 32.2.